The number of esters is 1. The molecule has 0 saturated carbocycles. The lowest BCUT2D eigenvalue weighted by Crippen LogP contribution is -2.35. The SMILES string of the molecule is CC[C@H](Br)C(=O)O[C@@H](c1ccccc1)[C@H](C)N(C)C. The van der Waals surface area contributed by atoms with Crippen LogP contribution in [0.15, 0.2) is 30.3 Å². The van der Waals surface area contributed by atoms with Crippen LogP contribution in [-0.4, -0.2) is 35.8 Å². The molecule has 0 fully saturated rings. The number of hydrogen-bond donors (Lipinski definition) is 0. The number of benzene rings is 1. The van der Waals surface area contributed by atoms with Crippen LogP contribution in [-0.2, 0) is 9.53 Å². The number of hydrogen-bond acceptors (Lipinski definition) is 3. The fourth-order valence-corrected chi connectivity index (χ4v) is 1.83. The number of ether oxygens (including phenoxy) is 1. The lowest BCUT2D eigenvalue weighted by Gasteiger charge is -2.30. The first kappa shape index (κ1) is 16.2. The van der Waals surface area contributed by atoms with Crippen molar-refractivity contribution >= 4 is 21.9 Å². The van der Waals surface area contributed by atoms with Crippen molar-refractivity contribution in [2.45, 2.75) is 37.2 Å². The Hall–Kier alpha value is -0.870. The topological polar surface area (TPSA) is 29.5 Å². The maximum absolute atomic E-state index is 12.0. The van der Waals surface area contributed by atoms with Crippen molar-refractivity contribution in [2.75, 3.05) is 14.1 Å². The molecule has 0 bridgehead atoms. The summed E-state index contributed by atoms with van der Waals surface area (Å²) in [4.78, 5) is 13.8. The molecule has 0 saturated heterocycles. The van der Waals surface area contributed by atoms with Gasteiger partial charge in [-0.3, -0.25) is 4.79 Å². The van der Waals surface area contributed by atoms with E-state index in [1.807, 2.05) is 51.4 Å². The molecule has 0 amide bonds. The Bertz CT molecular complexity index is 394. The van der Waals surface area contributed by atoms with Crippen molar-refractivity contribution < 1.29 is 9.53 Å². The van der Waals surface area contributed by atoms with E-state index in [9.17, 15) is 4.79 Å². The molecule has 1 aromatic carbocycles. The predicted octanol–water partition coefficient (Wildman–Crippen LogP) is 3.39. The number of carbonyl (C=O) groups excluding carboxylic acids is 1. The normalized spacial score (nSPS) is 15.9. The average molecular weight is 328 g/mol. The zero-order valence-corrected chi connectivity index (χ0v) is 13.6. The van der Waals surface area contributed by atoms with E-state index in [1.165, 1.54) is 0 Å². The molecule has 106 valence electrons. The van der Waals surface area contributed by atoms with Crippen LogP contribution in [0.5, 0.6) is 0 Å². The van der Waals surface area contributed by atoms with Crippen molar-refractivity contribution in [1.82, 2.24) is 4.90 Å². The number of carbonyl (C=O) groups is 1. The van der Waals surface area contributed by atoms with Crippen molar-refractivity contribution in [3.05, 3.63) is 35.9 Å². The molecule has 19 heavy (non-hydrogen) atoms. The van der Waals surface area contributed by atoms with Gasteiger partial charge in [0.15, 0.2) is 0 Å². The summed E-state index contributed by atoms with van der Waals surface area (Å²) in [5, 5.41) is 0. The van der Waals surface area contributed by atoms with Gasteiger partial charge in [-0.1, -0.05) is 53.2 Å². The Labute approximate surface area is 124 Å². The smallest absolute Gasteiger partial charge is 0.320 e. The molecule has 0 aliphatic heterocycles. The minimum absolute atomic E-state index is 0.114. The molecule has 0 unspecified atom stereocenters. The van der Waals surface area contributed by atoms with Gasteiger partial charge >= 0.3 is 5.97 Å². The summed E-state index contributed by atoms with van der Waals surface area (Å²) in [5.74, 6) is -0.204. The van der Waals surface area contributed by atoms with E-state index in [2.05, 4.69) is 27.8 Å². The molecule has 0 aromatic heterocycles. The monoisotopic (exact) mass is 327 g/mol. The number of halogens is 1. The maximum atomic E-state index is 12.0. The summed E-state index contributed by atoms with van der Waals surface area (Å²) in [6.07, 6.45) is 0.465. The summed E-state index contributed by atoms with van der Waals surface area (Å²) < 4.78 is 5.68. The molecule has 1 aromatic rings. The van der Waals surface area contributed by atoms with Gasteiger partial charge in [-0.05, 0) is 33.0 Å². The quantitative estimate of drug-likeness (QED) is 0.592. The van der Waals surface area contributed by atoms with Crippen LogP contribution in [0.25, 0.3) is 0 Å². The minimum atomic E-state index is -0.254. The van der Waals surface area contributed by atoms with E-state index in [-0.39, 0.29) is 22.9 Å². The van der Waals surface area contributed by atoms with Crippen LogP contribution in [0.1, 0.15) is 31.9 Å². The Balaban J connectivity index is 2.91. The highest BCUT2D eigenvalue weighted by Gasteiger charge is 2.27. The summed E-state index contributed by atoms with van der Waals surface area (Å²) in [6.45, 7) is 4.01. The molecule has 0 radical (unpaired) electrons. The number of nitrogens with zero attached hydrogens (tertiary/aromatic N) is 1. The zero-order chi connectivity index (χ0) is 14.4. The van der Waals surface area contributed by atoms with Crippen LogP contribution >= 0.6 is 15.9 Å². The van der Waals surface area contributed by atoms with Gasteiger partial charge < -0.3 is 9.64 Å². The molecule has 0 aliphatic carbocycles. The summed E-state index contributed by atoms with van der Waals surface area (Å²) in [7, 11) is 3.97. The van der Waals surface area contributed by atoms with Crippen molar-refractivity contribution in [1.29, 1.82) is 0 Å². The molecule has 0 aliphatic rings. The third kappa shape index (κ3) is 4.62. The number of likely N-dealkylation sites (N-methyl/N-ethyl adjacent to an activating group) is 1. The van der Waals surface area contributed by atoms with Crippen molar-refractivity contribution in [3.63, 3.8) is 0 Å². The van der Waals surface area contributed by atoms with E-state index < -0.39 is 0 Å². The molecule has 4 heteroatoms. The second-order valence-electron chi connectivity index (χ2n) is 4.85. The van der Waals surface area contributed by atoms with E-state index in [0.717, 1.165) is 12.0 Å². The second kappa shape index (κ2) is 7.65. The summed E-state index contributed by atoms with van der Waals surface area (Å²) in [5.41, 5.74) is 1.02. The number of alkyl halides is 1. The lowest BCUT2D eigenvalue weighted by atomic mass is 10.0. The van der Waals surface area contributed by atoms with Gasteiger partial charge in [-0.15, -0.1) is 0 Å². The molecule has 1 rings (SSSR count). The van der Waals surface area contributed by atoms with Crippen LogP contribution < -0.4 is 0 Å². The van der Waals surface area contributed by atoms with Gasteiger partial charge in [-0.25, -0.2) is 0 Å². The lowest BCUT2D eigenvalue weighted by molar-refractivity contribution is -0.151. The van der Waals surface area contributed by atoms with E-state index in [1.54, 1.807) is 0 Å². The predicted molar refractivity (Wildman–Crippen MR) is 81.4 cm³/mol. The highest BCUT2D eigenvalue weighted by molar-refractivity contribution is 9.10. The van der Waals surface area contributed by atoms with Crippen LogP contribution in [0.3, 0.4) is 0 Å². The first-order chi connectivity index (χ1) is 8.97. The highest BCUT2D eigenvalue weighted by atomic mass is 79.9. The first-order valence-corrected chi connectivity index (χ1v) is 7.44. The first-order valence-electron chi connectivity index (χ1n) is 6.53. The molecular weight excluding hydrogens is 306 g/mol. The molecule has 3 atom stereocenters. The molecule has 3 nitrogen and oxygen atoms in total. The molecule has 0 heterocycles. The van der Waals surface area contributed by atoms with E-state index in [4.69, 9.17) is 4.74 Å². The van der Waals surface area contributed by atoms with Gasteiger partial charge in [0.1, 0.15) is 10.9 Å². The van der Waals surface area contributed by atoms with Gasteiger partial charge in [0, 0.05) is 6.04 Å². The van der Waals surface area contributed by atoms with Crippen molar-refractivity contribution in [3.8, 4) is 0 Å². The second-order valence-corrected chi connectivity index (χ2v) is 5.95. The fraction of sp³-hybridized carbons (Fsp3) is 0.533. The van der Waals surface area contributed by atoms with Crippen LogP contribution in [0.2, 0.25) is 0 Å². The third-order valence-electron chi connectivity index (χ3n) is 3.24. The van der Waals surface area contributed by atoms with Gasteiger partial charge in [0.05, 0.1) is 0 Å². The maximum Gasteiger partial charge on any atom is 0.320 e. The molecule has 0 N–H and O–H groups in total. The van der Waals surface area contributed by atoms with E-state index >= 15 is 0 Å². The summed E-state index contributed by atoms with van der Waals surface area (Å²) in [6, 6.07) is 9.99. The minimum Gasteiger partial charge on any atom is -0.455 e. The Morgan fingerprint density at radius 1 is 1.32 bits per heavy atom. The fourth-order valence-electron chi connectivity index (χ4n) is 1.72. The molecule has 0 spiro atoms. The number of rotatable bonds is 6. The summed E-state index contributed by atoms with van der Waals surface area (Å²) >= 11 is 3.34. The Morgan fingerprint density at radius 3 is 2.37 bits per heavy atom. The zero-order valence-electron chi connectivity index (χ0n) is 12.0. The van der Waals surface area contributed by atoms with Crippen molar-refractivity contribution in [2.24, 2.45) is 0 Å². The van der Waals surface area contributed by atoms with Gasteiger partial charge in [0.25, 0.3) is 0 Å². The third-order valence-corrected chi connectivity index (χ3v) is 4.26. The van der Waals surface area contributed by atoms with Crippen LogP contribution in [0, 0.1) is 0 Å². The van der Waals surface area contributed by atoms with Crippen LogP contribution in [0.4, 0.5) is 0 Å². The highest BCUT2D eigenvalue weighted by Crippen LogP contribution is 2.25. The van der Waals surface area contributed by atoms with Gasteiger partial charge in [-0.2, -0.15) is 0 Å². The Morgan fingerprint density at radius 2 is 1.89 bits per heavy atom. The van der Waals surface area contributed by atoms with Gasteiger partial charge in [0.2, 0.25) is 0 Å². The average Bonchev–Trinajstić information content (AvgIpc) is 2.43. The Kier molecular flexibility index (Phi) is 6.52. The largest absolute Gasteiger partial charge is 0.455 e. The standard InChI is InChI=1S/C15H22BrNO2/c1-5-13(16)15(18)19-14(11(2)17(3)4)12-9-7-6-8-10-12/h6-11,13-14H,5H2,1-4H3/t11-,13-,14+/m0/s1. The van der Waals surface area contributed by atoms with E-state index in [0.29, 0.717) is 0 Å². The molecular formula is C15H22BrNO2.